The zero-order valence-electron chi connectivity index (χ0n) is 22.2. The number of piperidine rings is 1. The minimum absolute atomic E-state index is 0.0535. The first kappa shape index (κ1) is 26.2. The van der Waals surface area contributed by atoms with Crippen molar-refractivity contribution in [3.05, 3.63) is 70.1 Å². The van der Waals surface area contributed by atoms with Gasteiger partial charge >= 0.3 is 0 Å². The lowest BCUT2D eigenvalue weighted by Gasteiger charge is -2.30. The highest BCUT2D eigenvalue weighted by Gasteiger charge is 2.32. The van der Waals surface area contributed by atoms with Gasteiger partial charge in [-0.3, -0.25) is 4.79 Å². The molecule has 36 heavy (non-hydrogen) atoms. The fourth-order valence-electron chi connectivity index (χ4n) is 5.47. The highest BCUT2D eigenvalue weighted by molar-refractivity contribution is 5.80. The van der Waals surface area contributed by atoms with Gasteiger partial charge in [-0.2, -0.15) is 0 Å². The molecular weight excluding hydrogens is 454 g/mol. The number of amides is 1. The van der Waals surface area contributed by atoms with Crippen LogP contribution in [0.4, 0.5) is 0 Å². The maximum absolute atomic E-state index is 12.8. The summed E-state index contributed by atoms with van der Waals surface area (Å²) < 4.78 is 23.3. The highest BCUT2D eigenvalue weighted by Crippen LogP contribution is 2.36. The molecule has 4 rings (SSSR count). The van der Waals surface area contributed by atoms with E-state index in [0.717, 1.165) is 80.0 Å². The first-order chi connectivity index (χ1) is 17.5. The monoisotopic (exact) mass is 495 g/mol. The van der Waals surface area contributed by atoms with E-state index in [-0.39, 0.29) is 24.7 Å². The number of hydrogen-bond acceptors (Lipinski definition) is 5. The van der Waals surface area contributed by atoms with E-state index in [1.165, 1.54) is 11.1 Å². The maximum atomic E-state index is 12.8. The summed E-state index contributed by atoms with van der Waals surface area (Å²) in [6.45, 7) is 7.39. The minimum Gasteiger partial charge on any atom is -0.493 e. The molecule has 0 radical (unpaired) electrons. The van der Waals surface area contributed by atoms with E-state index in [9.17, 15) is 4.79 Å². The summed E-state index contributed by atoms with van der Waals surface area (Å²) >= 11 is 0. The van der Waals surface area contributed by atoms with Crippen LogP contribution in [0.25, 0.3) is 0 Å². The second kappa shape index (κ2) is 12.4. The average molecular weight is 496 g/mol. The van der Waals surface area contributed by atoms with Gasteiger partial charge in [0.15, 0.2) is 23.0 Å². The summed E-state index contributed by atoms with van der Waals surface area (Å²) in [6.07, 6.45) is 18.1. The van der Waals surface area contributed by atoms with Gasteiger partial charge in [-0.25, -0.2) is 0 Å². The zero-order valence-corrected chi connectivity index (χ0v) is 22.2. The number of ether oxygens (including phenoxy) is 4. The molecule has 1 N–H and O–H groups in total. The van der Waals surface area contributed by atoms with Crippen LogP contribution in [0.2, 0.25) is 0 Å². The van der Waals surface area contributed by atoms with Gasteiger partial charge in [0.2, 0.25) is 12.7 Å². The Morgan fingerprint density at radius 1 is 1.08 bits per heavy atom. The van der Waals surface area contributed by atoms with Gasteiger partial charge in [-0.05, 0) is 92.7 Å². The van der Waals surface area contributed by atoms with Crippen molar-refractivity contribution in [3.63, 3.8) is 0 Å². The molecule has 196 valence electrons. The van der Waals surface area contributed by atoms with Gasteiger partial charge in [-0.15, -0.1) is 0 Å². The number of rotatable bonds is 10. The number of hydrogen-bond donors (Lipinski definition) is 1. The molecule has 2 fully saturated rings. The number of methoxy groups -OCH3 is 1. The van der Waals surface area contributed by atoms with E-state index in [1.807, 2.05) is 0 Å². The van der Waals surface area contributed by atoms with Gasteiger partial charge in [0, 0.05) is 12.5 Å². The van der Waals surface area contributed by atoms with Crippen molar-refractivity contribution >= 4 is 5.91 Å². The second-order valence-corrected chi connectivity index (χ2v) is 10.1. The average Bonchev–Trinajstić information content (AvgIpc) is 3.19. The molecule has 2 heterocycles. The van der Waals surface area contributed by atoms with E-state index in [4.69, 9.17) is 18.9 Å². The van der Waals surface area contributed by atoms with Crippen LogP contribution in [-0.4, -0.2) is 32.5 Å². The molecule has 2 saturated heterocycles. The summed E-state index contributed by atoms with van der Waals surface area (Å²) in [5.74, 6) is 3.74. The number of allylic oxidation sites excluding steroid dienone is 8. The highest BCUT2D eigenvalue weighted by atomic mass is 16.7. The van der Waals surface area contributed by atoms with Gasteiger partial charge in [-0.1, -0.05) is 32.4 Å². The van der Waals surface area contributed by atoms with Gasteiger partial charge in [0.05, 0.1) is 13.2 Å². The fraction of sp³-hybridized carbons (Fsp3) is 0.567. The maximum Gasteiger partial charge on any atom is 0.231 e. The molecule has 0 aromatic carbocycles. The van der Waals surface area contributed by atoms with E-state index < -0.39 is 0 Å². The Morgan fingerprint density at radius 3 is 2.69 bits per heavy atom. The minimum atomic E-state index is -0.0535. The van der Waals surface area contributed by atoms with E-state index in [2.05, 4.69) is 56.5 Å². The third kappa shape index (κ3) is 6.26. The van der Waals surface area contributed by atoms with Crippen LogP contribution in [0.5, 0.6) is 0 Å². The van der Waals surface area contributed by atoms with Gasteiger partial charge in [0.1, 0.15) is 0 Å². The SMILES string of the molecule is CCCC(CC)OC1=CC(C[C@H]2CNC(=O)[C@H](CC3=CCC=C4OCOC4=C3C)C2)=CCC=C1OC. The molecule has 3 atom stereocenters. The molecule has 6 heteroatoms. The molecule has 0 saturated carbocycles. The summed E-state index contributed by atoms with van der Waals surface area (Å²) in [5, 5.41) is 3.17. The number of nitrogens with one attached hydrogen (secondary N) is 1. The molecule has 4 aliphatic rings. The third-order valence-corrected chi connectivity index (χ3v) is 7.50. The molecular formula is C30H41NO5. The van der Waals surface area contributed by atoms with Crippen molar-refractivity contribution in [2.75, 3.05) is 20.4 Å². The summed E-state index contributed by atoms with van der Waals surface area (Å²) in [7, 11) is 1.71. The van der Waals surface area contributed by atoms with Crippen molar-refractivity contribution in [3.8, 4) is 0 Å². The predicted molar refractivity (Wildman–Crippen MR) is 140 cm³/mol. The standard InChI is InChI=1S/C30H41NO5/c1-5-9-25(6-2)36-28-16-21(10-7-12-26(28)33-4)14-22-15-24(30(32)31-18-22)17-23-11-8-13-27-29(20(23)3)35-19-34-27/h10-13,16,22,24-25H,5-9,14-15,17-19H2,1-4H3,(H,31,32)/t22-,24+,25?/m1/s1. The molecule has 2 aliphatic carbocycles. The van der Waals surface area contributed by atoms with Crippen molar-refractivity contribution in [1.29, 1.82) is 0 Å². The summed E-state index contributed by atoms with van der Waals surface area (Å²) in [5.41, 5.74) is 3.51. The van der Waals surface area contributed by atoms with Crippen molar-refractivity contribution in [2.24, 2.45) is 11.8 Å². The smallest absolute Gasteiger partial charge is 0.231 e. The Kier molecular flexibility index (Phi) is 9.00. The Labute approximate surface area is 215 Å². The lowest BCUT2D eigenvalue weighted by molar-refractivity contribution is -0.127. The lowest BCUT2D eigenvalue weighted by atomic mass is 9.81. The number of carbonyl (C=O) groups is 1. The normalized spacial score (nSPS) is 24.9. The Bertz CT molecular complexity index is 1010. The zero-order chi connectivity index (χ0) is 25.5. The number of fused-ring (bicyclic) bond motifs is 1. The quantitative estimate of drug-likeness (QED) is 0.382. The Hall–Kier alpha value is -2.89. The van der Waals surface area contributed by atoms with Crippen molar-refractivity contribution in [2.45, 2.75) is 78.2 Å². The molecule has 1 unspecified atom stereocenters. The molecule has 1 amide bonds. The van der Waals surface area contributed by atoms with Crippen LogP contribution >= 0.6 is 0 Å². The summed E-state index contributed by atoms with van der Waals surface area (Å²) in [4.78, 5) is 12.8. The molecule has 0 bridgehead atoms. The van der Waals surface area contributed by atoms with Crippen LogP contribution in [0.15, 0.2) is 70.1 Å². The summed E-state index contributed by atoms with van der Waals surface area (Å²) in [6, 6.07) is 0. The van der Waals surface area contributed by atoms with Crippen LogP contribution in [0, 0.1) is 11.8 Å². The van der Waals surface area contributed by atoms with Crippen molar-refractivity contribution in [1.82, 2.24) is 5.32 Å². The first-order valence-corrected chi connectivity index (χ1v) is 13.5. The fourth-order valence-corrected chi connectivity index (χ4v) is 5.47. The lowest BCUT2D eigenvalue weighted by Crippen LogP contribution is -2.41. The van der Waals surface area contributed by atoms with Gasteiger partial charge in [0.25, 0.3) is 0 Å². The molecule has 0 aromatic rings. The van der Waals surface area contributed by atoms with Crippen LogP contribution < -0.4 is 5.32 Å². The Morgan fingerprint density at radius 2 is 1.92 bits per heavy atom. The largest absolute Gasteiger partial charge is 0.493 e. The van der Waals surface area contributed by atoms with Crippen LogP contribution in [0.3, 0.4) is 0 Å². The van der Waals surface area contributed by atoms with E-state index in [1.54, 1.807) is 7.11 Å². The Balaban J connectivity index is 1.43. The van der Waals surface area contributed by atoms with Crippen LogP contribution in [-0.2, 0) is 23.7 Å². The van der Waals surface area contributed by atoms with Crippen LogP contribution in [0.1, 0.15) is 72.1 Å². The molecule has 0 spiro atoms. The van der Waals surface area contributed by atoms with E-state index >= 15 is 0 Å². The van der Waals surface area contributed by atoms with E-state index in [0.29, 0.717) is 12.5 Å². The number of carbonyl (C=O) groups excluding carboxylic acids is 1. The topological polar surface area (TPSA) is 66.0 Å². The van der Waals surface area contributed by atoms with Gasteiger partial charge < -0.3 is 24.3 Å². The molecule has 2 aliphatic heterocycles. The predicted octanol–water partition coefficient (Wildman–Crippen LogP) is 6.35. The molecule has 6 nitrogen and oxygen atoms in total. The first-order valence-electron chi connectivity index (χ1n) is 13.5. The third-order valence-electron chi connectivity index (χ3n) is 7.50. The second-order valence-electron chi connectivity index (χ2n) is 10.1. The van der Waals surface area contributed by atoms with Crippen molar-refractivity contribution < 1.29 is 23.7 Å². The molecule has 0 aromatic heterocycles.